The molecule has 32 heavy (non-hydrogen) atoms. The Morgan fingerprint density at radius 1 is 1.31 bits per heavy atom. The molecular formula is C20H20F2N4O6. The van der Waals surface area contributed by atoms with Gasteiger partial charge in [0.25, 0.3) is 11.8 Å². The number of aromatic nitrogens is 1. The number of halogens is 2. The molecule has 3 heterocycles. The number of carbonyl (C=O) groups is 2. The summed E-state index contributed by atoms with van der Waals surface area (Å²) in [7, 11) is 1.46. The third-order valence-corrected chi connectivity index (χ3v) is 5.42. The van der Waals surface area contributed by atoms with Crippen molar-refractivity contribution in [2.45, 2.75) is 12.6 Å². The molecule has 3 N–H and O–H groups in total. The summed E-state index contributed by atoms with van der Waals surface area (Å²) in [6, 6.07) is 2.82. The van der Waals surface area contributed by atoms with E-state index < -0.39 is 46.3 Å². The van der Waals surface area contributed by atoms with Crippen molar-refractivity contribution in [3.8, 4) is 5.75 Å². The fraction of sp³-hybridized carbons (Fsp3) is 0.350. The van der Waals surface area contributed by atoms with Gasteiger partial charge in [0.1, 0.15) is 30.0 Å². The smallest absolute Gasteiger partial charge is 0.277 e. The zero-order chi connectivity index (χ0) is 23.2. The molecule has 0 saturated heterocycles. The van der Waals surface area contributed by atoms with E-state index in [-0.39, 0.29) is 49.9 Å². The zero-order valence-electron chi connectivity index (χ0n) is 17.0. The third-order valence-electron chi connectivity index (χ3n) is 5.42. The molecule has 10 nitrogen and oxygen atoms in total. The van der Waals surface area contributed by atoms with E-state index in [2.05, 4.69) is 5.32 Å². The first-order valence-electron chi connectivity index (χ1n) is 9.70. The molecule has 2 aliphatic heterocycles. The van der Waals surface area contributed by atoms with Crippen LogP contribution in [0.4, 0.5) is 8.78 Å². The Kier molecular flexibility index (Phi) is 5.57. The second kappa shape index (κ2) is 8.20. The normalized spacial score (nSPS) is 17.0. The molecule has 0 saturated carbocycles. The number of hydrogen-bond donors (Lipinski definition) is 3. The summed E-state index contributed by atoms with van der Waals surface area (Å²) in [4.78, 5) is 39.9. The molecule has 12 heteroatoms. The minimum Gasteiger partial charge on any atom is -0.502 e. The van der Waals surface area contributed by atoms with Crippen molar-refractivity contribution in [3.63, 3.8) is 0 Å². The first kappa shape index (κ1) is 21.7. The zero-order valence-corrected chi connectivity index (χ0v) is 17.0. The first-order valence-corrected chi connectivity index (χ1v) is 9.70. The Morgan fingerprint density at radius 2 is 2.06 bits per heavy atom. The molecule has 1 aromatic heterocycles. The third kappa shape index (κ3) is 3.46. The van der Waals surface area contributed by atoms with Crippen molar-refractivity contribution in [2.75, 3.05) is 38.5 Å². The standard InChI is InChI=1S/C20H20F2N4O6/c1-32-5-4-24-9-25-8-13(27)15-14(17(28)18(29)16(20(24)31)26(15)25)19(30)23-7-10-2-3-11(21)6-12(10)22/h2-3,6,13,27,29H,4-5,7-9H2,1H3,(H,23,30). The average Bonchev–Trinajstić information content (AvgIpc) is 3.06. The van der Waals surface area contributed by atoms with E-state index >= 15 is 0 Å². The van der Waals surface area contributed by atoms with Gasteiger partial charge in [-0.25, -0.2) is 13.5 Å². The lowest BCUT2D eigenvalue weighted by molar-refractivity contribution is 0.0626. The van der Waals surface area contributed by atoms with Gasteiger partial charge in [-0.1, -0.05) is 6.07 Å². The molecule has 170 valence electrons. The second-order valence-corrected chi connectivity index (χ2v) is 7.42. The van der Waals surface area contributed by atoms with Crippen LogP contribution in [0.15, 0.2) is 23.0 Å². The Morgan fingerprint density at radius 3 is 2.75 bits per heavy atom. The van der Waals surface area contributed by atoms with Crippen LogP contribution in [0.3, 0.4) is 0 Å². The van der Waals surface area contributed by atoms with Crippen LogP contribution in [0.5, 0.6) is 5.75 Å². The number of aromatic hydroxyl groups is 1. The maximum absolute atomic E-state index is 13.9. The number of pyridine rings is 1. The van der Waals surface area contributed by atoms with Gasteiger partial charge in [0.15, 0.2) is 11.4 Å². The molecular weight excluding hydrogens is 430 g/mol. The van der Waals surface area contributed by atoms with E-state index in [1.54, 1.807) is 0 Å². The molecule has 1 atom stereocenters. The Hall–Kier alpha value is -3.51. The lowest BCUT2D eigenvalue weighted by Gasteiger charge is -2.37. The van der Waals surface area contributed by atoms with Gasteiger partial charge in [0.05, 0.1) is 18.8 Å². The van der Waals surface area contributed by atoms with E-state index in [0.29, 0.717) is 6.07 Å². The summed E-state index contributed by atoms with van der Waals surface area (Å²) in [5, 5.41) is 24.9. The lowest BCUT2D eigenvalue weighted by Crippen LogP contribution is -2.53. The number of amides is 2. The Labute approximate surface area is 180 Å². The Balaban J connectivity index is 1.71. The van der Waals surface area contributed by atoms with Gasteiger partial charge >= 0.3 is 0 Å². The summed E-state index contributed by atoms with van der Waals surface area (Å²) < 4.78 is 33.1. The van der Waals surface area contributed by atoms with Crippen molar-refractivity contribution in [2.24, 2.45) is 0 Å². The van der Waals surface area contributed by atoms with Crippen LogP contribution in [0.2, 0.25) is 0 Å². The van der Waals surface area contributed by atoms with Crippen LogP contribution < -0.4 is 15.8 Å². The quantitative estimate of drug-likeness (QED) is 0.557. The number of methoxy groups -OCH3 is 1. The van der Waals surface area contributed by atoms with Crippen LogP contribution in [0, 0.1) is 11.6 Å². The number of aliphatic hydroxyl groups excluding tert-OH is 1. The number of nitrogens with zero attached hydrogens (tertiary/aromatic N) is 3. The van der Waals surface area contributed by atoms with Crippen LogP contribution in [0.1, 0.15) is 38.2 Å². The van der Waals surface area contributed by atoms with E-state index in [0.717, 1.165) is 12.1 Å². The molecule has 0 bridgehead atoms. The van der Waals surface area contributed by atoms with E-state index in [1.807, 2.05) is 0 Å². The fourth-order valence-corrected chi connectivity index (χ4v) is 3.88. The van der Waals surface area contributed by atoms with Crippen molar-refractivity contribution >= 4 is 11.8 Å². The number of aliphatic hydroxyl groups is 1. The molecule has 2 aliphatic rings. The molecule has 2 amide bonds. The number of hydrogen-bond acceptors (Lipinski definition) is 7. The topological polar surface area (TPSA) is 124 Å². The number of ether oxygens (including phenoxy) is 1. The molecule has 1 aromatic carbocycles. The van der Waals surface area contributed by atoms with Crippen LogP contribution >= 0.6 is 0 Å². The summed E-state index contributed by atoms with van der Waals surface area (Å²) in [5.74, 6) is -4.22. The largest absolute Gasteiger partial charge is 0.502 e. The van der Waals surface area contributed by atoms with Gasteiger partial charge in [0, 0.05) is 31.8 Å². The molecule has 0 radical (unpaired) electrons. The highest BCUT2D eigenvalue weighted by molar-refractivity contribution is 6.00. The summed E-state index contributed by atoms with van der Waals surface area (Å²) in [6.07, 6.45) is -1.29. The highest BCUT2D eigenvalue weighted by atomic mass is 19.1. The summed E-state index contributed by atoms with van der Waals surface area (Å²) >= 11 is 0. The molecule has 0 fully saturated rings. The fourth-order valence-electron chi connectivity index (χ4n) is 3.88. The molecule has 4 rings (SSSR count). The number of nitrogens with one attached hydrogen (secondary N) is 1. The maximum Gasteiger partial charge on any atom is 0.277 e. The van der Waals surface area contributed by atoms with Crippen molar-refractivity contribution in [1.29, 1.82) is 0 Å². The number of benzene rings is 1. The van der Waals surface area contributed by atoms with Crippen LogP contribution in [-0.2, 0) is 11.3 Å². The maximum atomic E-state index is 13.9. The van der Waals surface area contributed by atoms with Gasteiger partial charge in [0.2, 0.25) is 5.43 Å². The van der Waals surface area contributed by atoms with Gasteiger partial charge in [-0.2, -0.15) is 0 Å². The second-order valence-electron chi connectivity index (χ2n) is 7.42. The molecule has 0 spiro atoms. The molecule has 0 aliphatic carbocycles. The van der Waals surface area contributed by atoms with Crippen LogP contribution in [-0.4, -0.2) is 65.1 Å². The van der Waals surface area contributed by atoms with Gasteiger partial charge in [-0.15, -0.1) is 0 Å². The minimum absolute atomic E-state index is 0.0235. The SMILES string of the molecule is COCCN1CN2CC(O)c3c(C(=O)NCc4ccc(F)cc4F)c(=O)c(O)c(n32)C1=O. The first-order chi connectivity index (χ1) is 15.2. The van der Waals surface area contributed by atoms with Gasteiger partial charge in [-0.3, -0.25) is 19.4 Å². The van der Waals surface area contributed by atoms with Crippen LogP contribution in [0.25, 0.3) is 0 Å². The van der Waals surface area contributed by atoms with Crippen molar-refractivity contribution in [3.05, 3.63) is 62.6 Å². The molecule has 1 unspecified atom stereocenters. The van der Waals surface area contributed by atoms with E-state index in [9.17, 15) is 33.4 Å². The van der Waals surface area contributed by atoms with E-state index in [4.69, 9.17) is 4.74 Å². The lowest BCUT2D eigenvalue weighted by atomic mass is 10.1. The van der Waals surface area contributed by atoms with Gasteiger partial charge in [-0.05, 0) is 6.07 Å². The van der Waals surface area contributed by atoms with E-state index in [1.165, 1.54) is 21.7 Å². The average molecular weight is 450 g/mol. The summed E-state index contributed by atoms with van der Waals surface area (Å²) in [6.45, 7) is 0.0651. The Bertz CT molecular complexity index is 1170. The predicted octanol–water partition coefficient (Wildman–Crippen LogP) is -0.193. The van der Waals surface area contributed by atoms with Crippen molar-refractivity contribution < 1.29 is 33.3 Å². The highest BCUT2D eigenvalue weighted by Gasteiger charge is 2.43. The minimum atomic E-state index is -1.29. The molecule has 2 aromatic rings. The number of carbonyl (C=O) groups excluding carboxylic acids is 2. The van der Waals surface area contributed by atoms with Crippen molar-refractivity contribution in [1.82, 2.24) is 14.9 Å². The summed E-state index contributed by atoms with van der Waals surface area (Å²) in [5.41, 5.74) is -2.21. The monoisotopic (exact) mass is 450 g/mol. The predicted molar refractivity (Wildman–Crippen MR) is 106 cm³/mol. The highest BCUT2D eigenvalue weighted by Crippen LogP contribution is 2.33. The van der Waals surface area contributed by atoms with Gasteiger partial charge < -0.3 is 25.2 Å². The number of rotatable bonds is 6.